The highest BCUT2D eigenvalue weighted by molar-refractivity contribution is 7.89. The summed E-state index contributed by atoms with van der Waals surface area (Å²) in [6, 6.07) is 5.78. The minimum Gasteiger partial charge on any atom is -0.383 e. The van der Waals surface area contributed by atoms with Crippen molar-refractivity contribution in [1.29, 1.82) is 0 Å². The molecule has 19 heavy (non-hydrogen) atoms. The Hall–Kier alpha value is -1.80. The predicted octanol–water partition coefficient (Wildman–Crippen LogP) is 0.0650. The molecule has 0 radical (unpaired) electrons. The molecule has 7 nitrogen and oxygen atoms in total. The molecule has 0 fully saturated rings. The number of nitrogens with two attached hydrogens (primary N) is 1. The molecule has 0 spiro atoms. The van der Waals surface area contributed by atoms with Gasteiger partial charge in [-0.1, -0.05) is 6.92 Å². The van der Waals surface area contributed by atoms with Crippen LogP contribution in [0.5, 0.6) is 0 Å². The van der Waals surface area contributed by atoms with E-state index in [4.69, 9.17) is 5.73 Å². The monoisotopic (exact) mass is 286 g/mol. The zero-order chi connectivity index (χ0) is 14.3. The molecule has 0 aliphatic rings. The number of anilines is 1. The zero-order valence-corrected chi connectivity index (χ0v) is 11.5. The quantitative estimate of drug-likeness (QED) is 0.531. The first-order valence-electron chi connectivity index (χ1n) is 5.82. The molecule has 106 valence electrons. The van der Waals surface area contributed by atoms with Gasteiger partial charge in [0, 0.05) is 25.3 Å². The third-order valence-corrected chi connectivity index (χ3v) is 3.81. The number of sulfonamides is 1. The van der Waals surface area contributed by atoms with Gasteiger partial charge in [-0.05, 0) is 24.3 Å². The fraction of sp³-hybridized carbons (Fsp3) is 0.364. The Labute approximate surface area is 112 Å². The van der Waals surface area contributed by atoms with Gasteiger partial charge in [0.05, 0.1) is 4.90 Å². The summed E-state index contributed by atoms with van der Waals surface area (Å²) in [5.41, 5.74) is 5.68. The van der Waals surface area contributed by atoms with Crippen molar-refractivity contribution in [2.24, 2.45) is 5.73 Å². The Balaban J connectivity index is 2.55. The molecule has 0 bridgehead atoms. The minimum absolute atomic E-state index is 0.218. The van der Waals surface area contributed by atoms with E-state index in [1.807, 2.05) is 0 Å². The number of urea groups is 1. The molecular weight excluding hydrogens is 268 g/mol. The lowest BCUT2D eigenvalue weighted by atomic mass is 10.3. The highest BCUT2D eigenvalue weighted by Crippen LogP contribution is 2.13. The molecule has 0 saturated heterocycles. The van der Waals surface area contributed by atoms with Gasteiger partial charge < -0.3 is 16.4 Å². The number of carbonyl (C=O) groups is 1. The second-order valence-corrected chi connectivity index (χ2v) is 5.51. The topological polar surface area (TPSA) is 113 Å². The van der Waals surface area contributed by atoms with Crippen LogP contribution in [0, 0.1) is 0 Å². The Morgan fingerprint density at radius 3 is 2.37 bits per heavy atom. The van der Waals surface area contributed by atoms with E-state index >= 15 is 0 Å². The number of hydrogen-bond donors (Lipinski definition) is 4. The zero-order valence-electron chi connectivity index (χ0n) is 10.6. The third-order valence-electron chi connectivity index (χ3n) is 2.25. The van der Waals surface area contributed by atoms with E-state index in [0.29, 0.717) is 19.6 Å². The average molecular weight is 286 g/mol. The SMILES string of the molecule is CCNS(=O)(=O)c1ccc(NCCNC(N)=O)cc1. The van der Waals surface area contributed by atoms with E-state index in [1.165, 1.54) is 12.1 Å². The molecule has 0 aliphatic heterocycles. The van der Waals surface area contributed by atoms with Crippen molar-refractivity contribution in [2.45, 2.75) is 11.8 Å². The number of amides is 2. The van der Waals surface area contributed by atoms with Crippen molar-refractivity contribution < 1.29 is 13.2 Å². The molecule has 0 aromatic heterocycles. The Morgan fingerprint density at radius 2 is 1.84 bits per heavy atom. The van der Waals surface area contributed by atoms with E-state index in [-0.39, 0.29) is 4.90 Å². The largest absolute Gasteiger partial charge is 0.383 e. The molecule has 1 aromatic rings. The van der Waals surface area contributed by atoms with E-state index in [0.717, 1.165) is 5.69 Å². The normalized spacial score (nSPS) is 11.0. The van der Waals surface area contributed by atoms with Crippen LogP contribution in [-0.4, -0.2) is 34.1 Å². The molecule has 5 N–H and O–H groups in total. The molecule has 0 aliphatic carbocycles. The number of primary amides is 1. The maximum absolute atomic E-state index is 11.7. The molecule has 0 unspecified atom stereocenters. The van der Waals surface area contributed by atoms with Gasteiger partial charge in [-0.3, -0.25) is 0 Å². The summed E-state index contributed by atoms with van der Waals surface area (Å²) < 4.78 is 25.8. The predicted molar refractivity (Wildman–Crippen MR) is 73.4 cm³/mol. The molecule has 0 saturated carbocycles. The molecule has 0 atom stereocenters. The fourth-order valence-electron chi connectivity index (χ4n) is 1.42. The van der Waals surface area contributed by atoms with Gasteiger partial charge in [-0.2, -0.15) is 0 Å². The first-order chi connectivity index (χ1) is 8.95. The summed E-state index contributed by atoms with van der Waals surface area (Å²) in [4.78, 5) is 10.7. The average Bonchev–Trinajstić information content (AvgIpc) is 2.35. The van der Waals surface area contributed by atoms with Crippen LogP contribution in [0.4, 0.5) is 10.5 Å². The van der Waals surface area contributed by atoms with Gasteiger partial charge in [0.25, 0.3) is 0 Å². The smallest absolute Gasteiger partial charge is 0.312 e. The second kappa shape index (κ2) is 6.95. The van der Waals surface area contributed by atoms with Gasteiger partial charge in [-0.25, -0.2) is 17.9 Å². The third kappa shape index (κ3) is 5.14. The summed E-state index contributed by atoms with van der Waals surface area (Å²) in [5, 5.41) is 5.46. The van der Waals surface area contributed by atoms with E-state index < -0.39 is 16.1 Å². The fourth-order valence-corrected chi connectivity index (χ4v) is 2.46. The Bertz CT molecular complexity index is 513. The van der Waals surface area contributed by atoms with Crippen LogP contribution in [-0.2, 0) is 10.0 Å². The van der Waals surface area contributed by atoms with E-state index in [9.17, 15) is 13.2 Å². The molecule has 2 amide bonds. The van der Waals surface area contributed by atoms with Crippen LogP contribution < -0.4 is 21.1 Å². The summed E-state index contributed by atoms with van der Waals surface area (Å²) in [5.74, 6) is 0. The number of rotatable bonds is 7. The molecule has 1 rings (SSSR count). The molecule has 1 aromatic carbocycles. The maximum Gasteiger partial charge on any atom is 0.312 e. The highest BCUT2D eigenvalue weighted by atomic mass is 32.2. The van der Waals surface area contributed by atoms with E-state index in [2.05, 4.69) is 15.4 Å². The van der Waals surface area contributed by atoms with Crippen LogP contribution in [0.3, 0.4) is 0 Å². The molecular formula is C11H18N4O3S. The Kier molecular flexibility index (Phi) is 5.58. The maximum atomic E-state index is 11.7. The van der Waals surface area contributed by atoms with Crippen molar-refractivity contribution in [3.63, 3.8) is 0 Å². The number of nitrogens with one attached hydrogen (secondary N) is 3. The van der Waals surface area contributed by atoms with Crippen LogP contribution in [0.15, 0.2) is 29.2 Å². The van der Waals surface area contributed by atoms with Gasteiger partial charge in [-0.15, -0.1) is 0 Å². The summed E-state index contributed by atoms with van der Waals surface area (Å²) >= 11 is 0. The van der Waals surface area contributed by atoms with Crippen molar-refractivity contribution in [1.82, 2.24) is 10.0 Å². The summed E-state index contributed by atoms with van der Waals surface area (Å²) in [6.07, 6.45) is 0. The van der Waals surface area contributed by atoms with Crippen molar-refractivity contribution in [3.05, 3.63) is 24.3 Å². The van der Waals surface area contributed by atoms with Crippen LogP contribution in [0.1, 0.15) is 6.92 Å². The summed E-state index contributed by atoms with van der Waals surface area (Å²) in [7, 11) is -3.41. The van der Waals surface area contributed by atoms with Gasteiger partial charge in [0.15, 0.2) is 0 Å². The first-order valence-corrected chi connectivity index (χ1v) is 7.31. The minimum atomic E-state index is -3.41. The van der Waals surface area contributed by atoms with E-state index in [1.54, 1.807) is 19.1 Å². The standard InChI is InChI=1S/C11H18N4O3S/c1-2-15-19(17,18)10-5-3-9(4-6-10)13-7-8-14-11(12)16/h3-6,13,15H,2,7-8H2,1H3,(H3,12,14,16). The second-order valence-electron chi connectivity index (χ2n) is 3.74. The number of benzene rings is 1. The molecule has 8 heteroatoms. The van der Waals surface area contributed by atoms with Gasteiger partial charge in [0.2, 0.25) is 10.0 Å². The lowest BCUT2D eigenvalue weighted by molar-refractivity contribution is 0.249. The number of hydrogen-bond acceptors (Lipinski definition) is 4. The first kappa shape index (κ1) is 15.3. The van der Waals surface area contributed by atoms with Crippen molar-refractivity contribution in [3.8, 4) is 0 Å². The van der Waals surface area contributed by atoms with Gasteiger partial charge >= 0.3 is 6.03 Å². The summed E-state index contributed by atoms with van der Waals surface area (Å²) in [6.45, 7) is 2.97. The molecule has 0 heterocycles. The van der Waals surface area contributed by atoms with Crippen LogP contribution in [0.2, 0.25) is 0 Å². The van der Waals surface area contributed by atoms with Crippen molar-refractivity contribution >= 4 is 21.7 Å². The lowest BCUT2D eigenvalue weighted by Gasteiger charge is -2.08. The Morgan fingerprint density at radius 1 is 1.21 bits per heavy atom. The van der Waals surface area contributed by atoms with Gasteiger partial charge in [0.1, 0.15) is 0 Å². The van der Waals surface area contributed by atoms with Crippen molar-refractivity contribution in [2.75, 3.05) is 25.0 Å². The highest BCUT2D eigenvalue weighted by Gasteiger charge is 2.11. The number of carbonyl (C=O) groups excluding carboxylic acids is 1. The van der Waals surface area contributed by atoms with Crippen LogP contribution >= 0.6 is 0 Å². The lowest BCUT2D eigenvalue weighted by Crippen LogP contribution is -2.33. The van der Waals surface area contributed by atoms with Crippen LogP contribution in [0.25, 0.3) is 0 Å².